The Labute approximate surface area is 142 Å². The van der Waals surface area contributed by atoms with Crippen molar-refractivity contribution in [1.82, 2.24) is 0 Å². The maximum absolute atomic E-state index is 12.0. The predicted molar refractivity (Wildman–Crippen MR) is 95.7 cm³/mol. The highest BCUT2D eigenvalue weighted by molar-refractivity contribution is 6.00. The second-order valence-electron chi connectivity index (χ2n) is 5.72. The van der Waals surface area contributed by atoms with E-state index in [2.05, 4.69) is 12.6 Å². The van der Waals surface area contributed by atoms with E-state index in [0.29, 0.717) is 16.7 Å². The van der Waals surface area contributed by atoms with E-state index in [1.165, 1.54) is 0 Å². The third-order valence-electron chi connectivity index (χ3n) is 3.54. The molecule has 0 aromatic heterocycles. The van der Waals surface area contributed by atoms with Crippen LogP contribution in [0.1, 0.15) is 29.2 Å². The second-order valence-corrected chi connectivity index (χ2v) is 5.72. The molecule has 0 atom stereocenters. The molecule has 0 heterocycles. The molecule has 120 valence electrons. The van der Waals surface area contributed by atoms with Crippen LogP contribution >= 0.6 is 0 Å². The smallest absolute Gasteiger partial charge is 0.338 e. The Morgan fingerprint density at radius 3 is 1.83 bits per heavy atom. The molecule has 0 spiro atoms. The number of ether oxygens (including phenoxy) is 1. The lowest BCUT2D eigenvalue weighted by Gasteiger charge is -2.12. The van der Waals surface area contributed by atoms with Gasteiger partial charge >= 0.3 is 5.97 Å². The Kier molecular flexibility index (Phi) is 5.34. The molecule has 0 amide bonds. The third kappa shape index (κ3) is 3.99. The van der Waals surface area contributed by atoms with Gasteiger partial charge in [0.1, 0.15) is 11.6 Å². The molecular weight excluding hydrogens is 298 g/mol. The number of nitrogens with zero attached hydrogens (tertiary/aromatic N) is 1. The van der Waals surface area contributed by atoms with Crippen LogP contribution in [0.25, 0.3) is 11.3 Å². The van der Waals surface area contributed by atoms with Gasteiger partial charge in [-0.3, -0.25) is 0 Å². The second kappa shape index (κ2) is 7.43. The first-order valence-corrected chi connectivity index (χ1v) is 7.58. The van der Waals surface area contributed by atoms with Crippen LogP contribution in [0.3, 0.4) is 0 Å². The van der Waals surface area contributed by atoms with Gasteiger partial charge in [0.05, 0.1) is 0 Å². The fourth-order valence-electron chi connectivity index (χ4n) is 2.11. The molecule has 0 N–H and O–H groups in total. The minimum absolute atomic E-state index is 0.245. The molecule has 0 aliphatic rings. The molecule has 3 heteroatoms. The van der Waals surface area contributed by atoms with Gasteiger partial charge in [-0.2, -0.15) is 5.26 Å². The molecule has 2 aromatic rings. The number of aryl methyl sites for hydroxylation is 2. The Balaban J connectivity index is 2.63. The maximum Gasteiger partial charge on any atom is 0.338 e. The van der Waals surface area contributed by atoms with Crippen LogP contribution in [0.2, 0.25) is 0 Å². The molecule has 0 aliphatic heterocycles. The van der Waals surface area contributed by atoms with Gasteiger partial charge in [-0.25, -0.2) is 4.79 Å². The number of esters is 1. The van der Waals surface area contributed by atoms with Gasteiger partial charge in [-0.05, 0) is 26.3 Å². The number of benzene rings is 2. The number of nitriles is 1. The van der Waals surface area contributed by atoms with Crippen molar-refractivity contribution in [2.75, 3.05) is 0 Å². The average molecular weight is 317 g/mol. The molecule has 0 unspecified atom stereocenters. The fourth-order valence-corrected chi connectivity index (χ4v) is 2.11. The summed E-state index contributed by atoms with van der Waals surface area (Å²) in [4.78, 5) is 12.0. The lowest BCUT2D eigenvalue weighted by atomic mass is 10.0. The topological polar surface area (TPSA) is 50.1 Å². The van der Waals surface area contributed by atoms with Gasteiger partial charge in [0.2, 0.25) is 0 Å². The molecule has 0 aliphatic carbocycles. The van der Waals surface area contributed by atoms with E-state index < -0.39 is 5.97 Å². The average Bonchev–Trinajstić information content (AvgIpc) is 2.56. The number of carbonyl (C=O) groups excluding carboxylic acids is 1. The quantitative estimate of drug-likeness (QED) is 0.267. The van der Waals surface area contributed by atoms with E-state index in [-0.39, 0.29) is 11.3 Å². The van der Waals surface area contributed by atoms with Crippen molar-refractivity contribution in [2.45, 2.75) is 20.8 Å². The van der Waals surface area contributed by atoms with Crippen molar-refractivity contribution in [3.63, 3.8) is 0 Å². The molecular formula is C21H19NO2. The van der Waals surface area contributed by atoms with Crippen molar-refractivity contribution in [1.29, 1.82) is 5.26 Å². The van der Waals surface area contributed by atoms with E-state index in [4.69, 9.17) is 4.74 Å². The highest BCUT2D eigenvalue weighted by Gasteiger charge is 2.17. The van der Waals surface area contributed by atoms with Gasteiger partial charge in [-0.15, -0.1) is 0 Å². The van der Waals surface area contributed by atoms with Crippen LogP contribution in [0, 0.1) is 25.2 Å². The molecule has 2 aromatic carbocycles. The van der Waals surface area contributed by atoms with E-state index in [9.17, 15) is 10.1 Å². The minimum atomic E-state index is -0.551. The van der Waals surface area contributed by atoms with Crippen molar-refractivity contribution >= 4 is 17.3 Å². The van der Waals surface area contributed by atoms with Crippen molar-refractivity contribution in [2.24, 2.45) is 0 Å². The maximum atomic E-state index is 12.0. The van der Waals surface area contributed by atoms with Crippen LogP contribution in [0.15, 0.2) is 60.7 Å². The van der Waals surface area contributed by atoms with E-state index >= 15 is 0 Å². The van der Waals surface area contributed by atoms with Crippen molar-refractivity contribution in [3.05, 3.63) is 82.9 Å². The Morgan fingerprint density at radius 2 is 1.42 bits per heavy atom. The molecule has 24 heavy (non-hydrogen) atoms. The molecule has 2 rings (SSSR count). The predicted octanol–water partition coefficient (Wildman–Crippen LogP) is 4.81. The number of carbonyl (C=O) groups is 1. The summed E-state index contributed by atoms with van der Waals surface area (Å²) in [5.41, 5.74) is 4.14. The first-order chi connectivity index (χ1) is 11.4. The van der Waals surface area contributed by atoms with E-state index in [1.54, 1.807) is 6.92 Å². The summed E-state index contributed by atoms with van der Waals surface area (Å²) in [6, 6.07) is 17.2. The summed E-state index contributed by atoms with van der Waals surface area (Å²) in [6.45, 7) is 9.13. The summed E-state index contributed by atoms with van der Waals surface area (Å²) >= 11 is 0. The molecule has 0 saturated carbocycles. The number of rotatable bonds is 4. The summed E-state index contributed by atoms with van der Waals surface area (Å²) in [5.74, 6) is -0.306. The van der Waals surface area contributed by atoms with Crippen LogP contribution < -0.4 is 0 Å². The highest BCUT2D eigenvalue weighted by Crippen LogP contribution is 2.28. The monoisotopic (exact) mass is 317 g/mol. The summed E-state index contributed by atoms with van der Waals surface area (Å²) in [6.07, 6.45) is 0. The first kappa shape index (κ1) is 17.2. The largest absolute Gasteiger partial charge is 0.421 e. The standard InChI is InChI=1S/C21H19NO2/c1-14(2)21(23)24-20(18-11-7-16(4)8-12-18)19(13-22)17-9-5-15(3)6-10-17/h5-12H,1H2,2-4H3/b20-19+. The first-order valence-electron chi connectivity index (χ1n) is 7.58. The zero-order valence-corrected chi connectivity index (χ0v) is 14.1. The van der Waals surface area contributed by atoms with Gasteiger partial charge in [-0.1, -0.05) is 66.2 Å². The highest BCUT2D eigenvalue weighted by atomic mass is 16.5. The van der Waals surface area contributed by atoms with Gasteiger partial charge in [0.15, 0.2) is 5.76 Å². The normalized spacial score (nSPS) is 11.2. The van der Waals surface area contributed by atoms with Gasteiger partial charge in [0.25, 0.3) is 0 Å². The van der Waals surface area contributed by atoms with Gasteiger partial charge in [0, 0.05) is 11.1 Å². The molecule has 0 saturated heterocycles. The SMILES string of the molecule is C=C(C)C(=O)O/C(=C(\C#N)c1ccc(C)cc1)c1ccc(C)cc1. The summed E-state index contributed by atoms with van der Waals surface area (Å²) < 4.78 is 5.49. The molecule has 0 bridgehead atoms. The number of hydrogen-bond acceptors (Lipinski definition) is 3. The van der Waals surface area contributed by atoms with Crippen LogP contribution in [0.5, 0.6) is 0 Å². The van der Waals surface area contributed by atoms with E-state index in [1.807, 2.05) is 62.4 Å². The lowest BCUT2D eigenvalue weighted by molar-refractivity contribution is -0.132. The van der Waals surface area contributed by atoms with Crippen molar-refractivity contribution < 1.29 is 9.53 Å². The zero-order valence-electron chi connectivity index (χ0n) is 14.1. The Hall–Kier alpha value is -3.12. The van der Waals surface area contributed by atoms with Crippen LogP contribution in [-0.2, 0) is 9.53 Å². The van der Waals surface area contributed by atoms with E-state index in [0.717, 1.165) is 11.1 Å². The molecule has 0 radical (unpaired) electrons. The number of hydrogen-bond donors (Lipinski definition) is 0. The Bertz CT molecular complexity index is 835. The summed E-state index contributed by atoms with van der Waals surface area (Å²) in [5, 5.41) is 9.66. The third-order valence-corrected chi connectivity index (χ3v) is 3.54. The molecule has 3 nitrogen and oxygen atoms in total. The number of allylic oxidation sites excluding steroid dienone is 1. The van der Waals surface area contributed by atoms with Crippen molar-refractivity contribution in [3.8, 4) is 6.07 Å². The zero-order chi connectivity index (χ0) is 17.7. The Morgan fingerprint density at radius 1 is 0.958 bits per heavy atom. The van der Waals surface area contributed by atoms with Crippen LogP contribution in [-0.4, -0.2) is 5.97 Å². The molecule has 0 fully saturated rings. The fraction of sp³-hybridized carbons (Fsp3) is 0.143. The lowest BCUT2D eigenvalue weighted by Crippen LogP contribution is -2.06. The van der Waals surface area contributed by atoms with Crippen LogP contribution in [0.4, 0.5) is 0 Å². The minimum Gasteiger partial charge on any atom is -0.421 e. The summed E-state index contributed by atoms with van der Waals surface area (Å²) in [7, 11) is 0. The van der Waals surface area contributed by atoms with Gasteiger partial charge < -0.3 is 4.74 Å².